The summed E-state index contributed by atoms with van der Waals surface area (Å²) in [5, 5.41) is 2.40. The molecule has 0 saturated carbocycles. The molecule has 0 aliphatic heterocycles. The molecule has 5 nitrogen and oxygen atoms in total. The van der Waals surface area contributed by atoms with Crippen molar-refractivity contribution in [3.8, 4) is 0 Å². The van der Waals surface area contributed by atoms with Crippen molar-refractivity contribution in [3.05, 3.63) is 69.2 Å². The molecule has 0 amide bonds. The van der Waals surface area contributed by atoms with Crippen LogP contribution in [0, 0.1) is 0 Å². The fraction of sp³-hybridized carbons (Fsp3) is 0.167. The third-order valence-electron chi connectivity index (χ3n) is 3.72. The molecule has 0 atom stereocenters. The van der Waals surface area contributed by atoms with Gasteiger partial charge in [0.1, 0.15) is 6.61 Å². The minimum atomic E-state index is -0.444. The van der Waals surface area contributed by atoms with Gasteiger partial charge in [-0.2, -0.15) is 0 Å². The molecule has 3 rings (SSSR count). The van der Waals surface area contributed by atoms with Crippen molar-refractivity contribution < 1.29 is 9.53 Å². The number of rotatable bonds is 3. The Bertz CT molecular complexity index is 948. The Morgan fingerprint density at radius 3 is 1.74 bits per heavy atom. The van der Waals surface area contributed by atoms with Crippen LogP contribution in [0.3, 0.4) is 0 Å². The van der Waals surface area contributed by atoms with Crippen LogP contribution < -0.4 is 11.1 Å². The van der Waals surface area contributed by atoms with Gasteiger partial charge >= 0.3 is 5.97 Å². The summed E-state index contributed by atoms with van der Waals surface area (Å²) < 4.78 is 6.01. The maximum absolute atomic E-state index is 12.8. The van der Waals surface area contributed by atoms with Gasteiger partial charge in [0.2, 0.25) is 0 Å². The van der Waals surface area contributed by atoms with Gasteiger partial charge in [-0.3, -0.25) is 19.0 Å². The third kappa shape index (κ3) is 2.73. The number of ether oxygens (including phenoxy) is 1. The fourth-order valence-corrected chi connectivity index (χ4v) is 2.68. The van der Waals surface area contributed by atoms with Crippen molar-refractivity contribution in [3.63, 3.8) is 0 Å². The molecule has 0 saturated heterocycles. The predicted molar refractivity (Wildman–Crippen MR) is 88.6 cm³/mol. The Hall–Kier alpha value is -2.95. The quantitative estimate of drug-likeness (QED) is 0.695. The summed E-state index contributed by atoms with van der Waals surface area (Å²) in [4.78, 5) is 36.4. The number of aromatic nitrogens is 1. The van der Waals surface area contributed by atoms with E-state index in [1.54, 1.807) is 24.3 Å². The lowest BCUT2D eigenvalue weighted by molar-refractivity contribution is -0.141. The molecule has 0 fully saturated rings. The molecular weight excluding hydrogens is 294 g/mol. The summed E-state index contributed by atoms with van der Waals surface area (Å²) in [6.45, 7) is 1.30. The average molecular weight is 309 g/mol. The lowest BCUT2D eigenvalue weighted by Gasteiger charge is -2.03. The summed E-state index contributed by atoms with van der Waals surface area (Å²) in [6, 6.07) is 14.3. The Morgan fingerprint density at radius 2 is 1.30 bits per heavy atom. The van der Waals surface area contributed by atoms with Gasteiger partial charge in [-0.1, -0.05) is 36.4 Å². The number of carbonyl (C=O) groups excluding carboxylic acids is 1. The first-order valence-corrected chi connectivity index (χ1v) is 7.27. The molecule has 23 heavy (non-hydrogen) atoms. The Labute approximate surface area is 131 Å². The van der Waals surface area contributed by atoms with E-state index in [4.69, 9.17) is 4.74 Å². The average Bonchev–Trinajstić information content (AvgIpc) is 2.65. The normalized spacial score (nSPS) is 10.8. The maximum atomic E-state index is 12.8. The number of nitrogens with zero attached hydrogens (tertiary/aromatic N) is 1. The molecular formula is C18H15NO4. The van der Waals surface area contributed by atoms with Gasteiger partial charge in [0.15, 0.2) is 0 Å². The first-order valence-electron chi connectivity index (χ1n) is 7.27. The van der Waals surface area contributed by atoms with Crippen molar-refractivity contribution in [1.82, 2.24) is 4.57 Å². The zero-order valence-electron chi connectivity index (χ0n) is 12.6. The predicted octanol–water partition coefficient (Wildman–Crippen LogP) is 2.08. The zero-order valence-corrected chi connectivity index (χ0v) is 12.6. The highest BCUT2D eigenvalue weighted by atomic mass is 16.5. The summed E-state index contributed by atoms with van der Waals surface area (Å²) in [7, 11) is 0. The minimum absolute atomic E-state index is 0.0167. The zero-order chi connectivity index (χ0) is 16.4. The van der Waals surface area contributed by atoms with Crippen LogP contribution in [-0.4, -0.2) is 17.1 Å². The molecule has 2 aromatic carbocycles. The molecule has 0 spiro atoms. The van der Waals surface area contributed by atoms with Crippen LogP contribution in [-0.2, 0) is 16.1 Å². The molecule has 116 valence electrons. The number of benzene rings is 2. The maximum Gasteiger partial charge on any atom is 0.302 e. The highest BCUT2D eigenvalue weighted by Gasteiger charge is 2.10. The molecule has 0 N–H and O–H groups in total. The van der Waals surface area contributed by atoms with Crippen LogP contribution >= 0.6 is 0 Å². The van der Waals surface area contributed by atoms with E-state index in [-0.39, 0.29) is 24.3 Å². The van der Waals surface area contributed by atoms with Crippen LogP contribution in [0.5, 0.6) is 0 Å². The number of hydrogen-bond donors (Lipinski definition) is 0. The summed E-state index contributed by atoms with van der Waals surface area (Å²) in [6.07, 6.45) is 0. The van der Waals surface area contributed by atoms with E-state index >= 15 is 0 Å². The van der Waals surface area contributed by atoms with E-state index < -0.39 is 5.97 Å². The molecule has 0 aliphatic rings. The molecule has 1 heterocycles. The second kappa shape index (κ2) is 6.04. The molecule has 0 bridgehead atoms. The second-order valence-electron chi connectivity index (χ2n) is 5.19. The van der Waals surface area contributed by atoms with Crippen molar-refractivity contribution in [2.45, 2.75) is 13.5 Å². The highest BCUT2D eigenvalue weighted by Crippen LogP contribution is 2.19. The molecule has 0 unspecified atom stereocenters. The number of esters is 1. The minimum Gasteiger partial charge on any atom is -0.464 e. The van der Waals surface area contributed by atoms with E-state index in [1.807, 2.05) is 24.3 Å². The van der Waals surface area contributed by atoms with Crippen molar-refractivity contribution >= 4 is 27.5 Å². The van der Waals surface area contributed by atoms with Gasteiger partial charge in [0.05, 0.1) is 6.54 Å². The molecule has 5 heteroatoms. The van der Waals surface area contributed by atoms with Gasteiger partial charge in [-0.15, -0.1) is 0 Å². The smallest absolute Gasteiger partial charge is 0.302 e. The number of hydrogen-bond acceptors (Lipinski definition) is 4. The van der Waals surface area contributed by atoms with Crippen molar-refractivity contribution in [1.29, 1.82) is 0 Å². The van der Waals surface area contributed by atoms with Gasteiger partial charge in [-0.25, -0.2) is 0 Å². The first-order chi connectivity index (χ1) is 11.1. The largest absolute Gasteiger partial charge is 0.464 e. The molecule has 0 radical (unpaired) electrons. The lowest BCUT2D eigenvalue weighted by atomic mass is 10.1. The molecule has 0 aliphatic carbocycles. The van der Waals surface area contributed by atoms with Crippen LogP contribution in [0.2, 0.25) is 0 Å². The van der Waals surface area contributed by atoms with Crippen LogP contribution in [0.25, 0.3) is 21.5 Å². The Kier molecular flexibility index (Phi) is 3.93. The molecule has 3 aromatic rings. The summed E-state index contributed by atoms with van der Waals surface area (Å²) in [5.41, 5.74) is -0.761. The van der Waals surface area contributed by atoms with Gasteiger partial charge < -0.3 is 4.74 Å². The van der Waals surface area contributed by atoms with E-state index in [0.29, 0.717) is 10.8 Å². The van der Waals surface area contributed by atoms with Gasteiger partial charge in [0, 0.05) is 17.7 Å². The Morgan fingerprint density at radius 1 is 0.870 bits per heavy atom. The lowest BCUT2D eigenvalue weighted by Crippen LogP contribution is -2.32. The summed E-state index contributed by atoms with van der Waals surface area (Å²) in [5.74, 6) is -0.444. The summed E-state index contributed by atoms with van der Waals surface area (Å²) >= 11 is 0. The van der Waals surface area contributed by atoms with Crippen LogP contribution in [0.4, 0.5) is 0 Å². The third-order valence-corrected chi connectivity index (χ3v) is 3.72. The van der Waals surface area contributed by atoms with Gasteiger partial charge in [-0.05, 0) is 22.9 Å². The second-order valence-corrected chi connectivity index (χ2v) is 5.19. The van der Waals surface area contributed by atoms with E-state index in [9.17, 15) is 14.4 Å². The fourth-order valence-electron chi connectivity index (χ4n) is 2.68. The monoisotopic (exact) mass is 309 g/mol. The van der Waals surface area contributed by atoms with E-state index in [2.05, 4.69) is 0 Å². The topological polar surface area (TPSA) is 65.4 Å². The highest BCUT2D eigenvalue weighted by molar-refractivity contribution is 6.05. The van der Waals surface area contributed by atoms with E-state index in [0.717, 1.165) is 15.3 Å². The van der Waals surface area contributed by atoms with Gasteiger partial charge in [0.25, 0.3) is 11.1 Å². The number of carbonyl (C=O) groups is 1. The van der Waals surface area contributed by atoms with Crippen molar-refractivity contribution in [2.75, 3.05) is 6.61 Å². The SMILES string of the molecule is CC(=O)OCCn1c(=O)c2ccccc2c2ccccc2c1=O. The standard InChI is InChI=1S/C18H15NO4/c1-12(20)23-11-10-19-17(21)15-8-4-2-6-13(15)14-7-3-5-9-16(14)18(19)22/h2-9H,10-11H2,1H3. The first kappa shape index (κ1) is 15.0. The van der Waals surface area contributed by atoms with Crippen LogP contribution in [0.1, 0.15) is 6.92 Å². The number of fused-ring (bicyclic) bond motifs is 3. The van der Waals surface area contributed by atoms with E-state index in [1.165, 1.54) is 6.92 Å². The molecule has 1 aromatic heterocycles. The Balaban J connectivity index is 2.37. The van der Waals surface area contributed by atoms with Crippen LogP contribution in [0.15, 0.2) is 58.1 Å². The van der Waals surface area contributed by atoms with Crippen molar-refractivity contribution in [2.24, 2.45) is 0 Å².